The lowest BCUT2D eigenvalue weighted by atomic mass is 10.1. The maximum absolute atomic E-state index is 5.76. The number of halogens is 1. The van der Waals surface area contributed by atoms with Gasteiger partial charge in [-0.3, -0.25) is 0 Å². The predicted molar refractivity (Wildman–Crippen MR) is 159 cm³/mol. The Kier molecular flexibility index (Phi) is 10.4. The molecular weight excluding hydrogens is 526 g/mol. The number of hydrogen-bond acceptors (Lipinski definition) is 6. The zero-order valence-corrected chi connectivity index (χ0v) is 24.2. The highest BCUT2D eigenvalue weighted by Gasteiger charge is 2.15. The van der Waals surface area contributed by atoms with E-state index in [2.05, 4.69) is 62.7 Å². The lowest BCUT2D eigenvalue weighted by molar-refractivity contribution is 0.224. The molecule has 37 heavy (non-hydrogen) atoms. The summed E-state index contributed by atoms with van der Waals surface area (Å²) < 4.78 is 6.82. The summed E-state index contributed by atoms with van der Waals surface area (Å²) in [5, 5.41) is 8.14. The third-order valence-electron chi connectivity index (χ3n) is 7.25. The van der Waals surface area contributed by atoms with Gasteiger partial charge in [0.2, 0.25) is 0 Å². The standard InChI is InChI=1S/C30H42BrN5O/c1-22(24-13-12-14-25(31)19-24)33-30-26-20-29(37-3)28(21-27(26)34-23(2)35-30)32-15-8-5-4-6-9-16-36-17-10-7-11-18-36/h12-14,19-22,32H,4-11,15-18H2,1-3H3,(H,33,34,35)/t22-/m1/s1. The number of hydrogen-bond donors (Lipinski definition) is 2. The van der Waals surface area contributed by atoms with Crippen molar-refractivity contribution in [3.63, 3.8) is 0 Å². The lowest BCUT2D eigenvalue weighted by Crippen LogP contribution is -2.30. The fraction of sp³-hybridized carbons (Fsp3) is 0.533. The smallest absolute Gasteiger partial charge is 0.142 e. The summed E-state index contributed by atoms with van der Waals surface area (Å²) in [4.78, 5) is 12.1. The second-order valence-electron chi connectivity index (χ2n) is 10.2. The molecule has 2 heterocycles. The van der Waals surface area contributed by atoms with Crippen LogP contribution in [0.15, 0.2) is 40.9 Å². The maximum atomic E-state index is 5.76. The van der Waals surface area contributed by atoms with Crippen molar-refractivity contribution in [3.8, 4) is 5.75 Å². The van der Waals surface area contributed by atoms with Crippen LogP contribution in [0.25, 0.3) is 10.9 Å². The minimum Gasteiger partial charge on any atom is -0.495 e. The number of methoxy groups -OCH3 is 1. The van der Waals surface area contributed by atoms with Crippen molar-refractivity contribution in [2.75, 3.05) is 43.9 Å². The number of fused-ring (bicyclic) bond motifs is 1. The van der Waals surface area contributed by atoms with Gasteiger partial charge < -0.3 is 20.3 Å². The second kappa shape index (κ2) is 14.0. The third-order valence-corrected chi connectivity index (χ3v) is 7.74. The monoisotopic (exact) mass is 567 g/mol. The van der Waals surface area contributed by atoms with Crippen LogP contribution in [0.2, 0.25) is 0 Å². The van der Waals surface area contributed by atoms with E-state index >= 15 is 0 Å². The number of rotatable bonds is 13. The van der Waals surface area contributed by atoms with E-state index in [0.717, 1.165) is 51.4 Å². The van der Waals surface area contributed by atoms with Gasteiger partial charge in [0.25, 0.3) is 0 Å². The Bertz CT molecular complexity index is 1150. The molecule has 0 aliphatic carbocycles. The van der Waals surface area contributed by atoms with Crippen molar-refractivity contribution < 1.29 is 4.74 Å². The van der Waals surface area contributed by atoms with Crippen molar-refractivity contribution >= 4 is 38.3 Å². The average molecular weight is 569 g/mol. The number of piperidine rings is 1. The molecule has 2 N–H and O–H groups in total. The first-order chi connectivity index (χ1) is 18.0. The Balaban J connectivity index is 1.32. The van der Waals surface area contributed by atoms with Crippen LogP contribution in [-0.4, -0.2) is 48.2 Å². The SMILES string of the molecule is COc1cc2c(N[C@H](C)c3cccc(Br)c3)nc(C)nc2cc1NCCCCCCCN1CCCCC1. The normalized spacial score (nSPS) is 15.0. The third kappa shape index (κ3) is 8.05. The predicted octanol–water partition coefficient (Wildman–Crippen LogP) is 7.73. The van der Waals surface area contributed by atoms with Gasteiger partial charge >= 0.3 is 0 Å². The molecule has 0 bridgehead atoms. The van der Waals surface area contributed by atoms with Crippen molar-refractivity contribution in [3.05, 3.63) is 52.3 Å². The van der Waals surface area contributed by atoms with E-state index in [0.29, 0.717) is 0 Å². The van der Waals surface area contributed by atoms with Crippen LogP contribution in [0, 0.1) is 6.92 Å². The molecule has 1 saturated heterocycles. The molecule has 1 aliphatic heterocycles. The van der Waals surface area contributed by atoms with Crippen molar-refractivity contribution in [2.24, 2.45) is 0 Å². The van der Waals surface area contributed by atoms with E-state index in [4.69, 9.17) is 14.7 Å². The van der Waals surface area contributed by atoms with Gasteiger partial charge in [0.15, 0.2) is 0 Å². The molecule has 200 valence electrons. The minimum atomic E-state index is 0.0960. The molecule has 6 nitrogen and oxygen atoms in total. The van der Waals surface area contributed by atoms with Crippen LogP contribution >= 0.6 is 15.9 Å². The van der Waals surface area contributed by atoms with Crippen molar-refractivity contribution in [2.45, 2.75) is 71.3 Å². The Morgan fingerprint density at radius 1 is 1.00 bits per heavy atom. The lowest BCUT2D eigenvalue weighted by Gasteiger charge is -2.26. The maximum Gasteiger partial charge on any atom is 0.142 e. The Morgan fingerprint density at radius 2 is 1.78 bits per heavy atom. The minimum absolute atomic E-state index is 0.0960. The molecule has 1 fully saturated rings. The zero-order chi connectivity index (χ0) is 26.0. The largest absolute Gasteiger partial charge is 0.495 e. The van der Waals surface area contributed by atoms with E-state index in [1.54, 1.807) is 7.11 Å². The number of benzene rings is 2. The first-order valence-electron chi connectivity index (χ1n) is 13.9. The van der Waals surface area contributed by atoms with Gasteiger partial charge in [0.05, 0.1) is 24.4 Å². The van der Waals surface area contributed by atoms with E-state index in [1.807, 2.05) is 19.1 Å². The van der Waals surface area contributed by atoms with E-state index in [-0.39, 0.29) is 6.04 Å². The van der Waals surface area contributed by atoms with Gasteiger partial charge in [-0.15, -0.1) is 0 Å². The molecule has 0 radical (unpaired) electrons. The highest BCUT2D eigenvalue weighted by molar-refractivity contribution is 9.10. The summed E-state index contributed by atoms with van der Waals surface area (Å²) in [6, 6.07) is 12.6. The molecule has 0 saturated carbocycles. The fourth-order valence-corrected chi connectivity index (χ4v) is 5.57. The number of nitrogens with one attached hydrogen (secondary N) is 2. The number of aryl methyl sites for hydroxylation is 1. The summed E-state index contributed by atoms with van der Waals surface area (Å²) in [5.41, 5.74) is 3.09. The van der Waals surface area contributed by atoms with Crippen LogP contribution in [0.3, 0.4) is 0 Å². The number of ether oxygens (including phenoxy) is 1. The van der Waals surface area contributed by atoms with Gasteiger partial charge in [0.1, 0.15) is 17.4 Å². The van der Waals surface area contributed by atoms with Gasteiger partial charge in [-0.2, -0.15) is 0 Å². The van der Waals surface area contributed by atoms with Crippen LogP contribution in [0.4, 0.5) is 11.5 Å². The van der Waals surface area contributed by atoms with E-state index in [9.17, 15) is 0 Å². The molecule has 0 spiro atoms. The summed E-state index contributed by atoms with van der Waals surface area (Å²) >= 11 is 3.57. The quantitative estimate of drug-likeness (QED) is 0.206. The molecule has 1 aromatic heterocycles. The van der Waals surface area contributed by atoms with Gasteiger partial charge in [-0.05, 0) is 89.0 Å². The molecule has 1 aliphatic rings. The molecular formula is C30H42BrN5O. The Hall–Kier alpha value is -2.38. The van der Waals surface area contributed by atoms with Crippen LogP contribution < -0.4 is 15.4 Å². The topological polar surface area (TPSA) is 62.3 Å². The number of likely N-dealkylation sites (tertiary alicyclic amines) is 1. The molecule has 2 aromatic carbocycles. The molecule has 0 unspecified atom stereocenters. The number of nitrogens with zero attached hydrogens (tertiary/aromatic N) is 3. The first-order valence-corrected chi connectivity index (χ1v) is 14.7. The van der Waals surface area contributed by atoms with Crippen molar-refractivity contribution in [1.29, 1.82) is 0 Å². The molecule has 7 heteroatoms. The fourth-order valence-electron chi connectivity index (χ4n) is 5.15. The number of aromatic nitrogens is 2. The zero-order valence-electron chi connectivity index (χ0n) is 22.7. The Morgan fingerprint density at radius 3 is 2.57 bits per heavy atom. The summed E-state index contributed by atoms with van der Waals surface area (Å²) in [6.07, 6.45) is 10.6. The highest BCUT2D eigenvalue weighted by atomic mass is 79.9. The van der Waals surface area contributed by atoms with E-state index < -0.39 is 0 Å². The van der Waals surface area contributed by atoms with Gasteiger partial charge in [-0.1, -0.05) is 53.7 Å². The van der Waals surface area contributed by atoms with Crippen molar-refractivity contribution in [1.82, 2.24) is 14.9 Å². The molecule has 1 atom stereocenters. The molecule has 4 rings (SSSR count). The van der Waals surface area contributed by atoms with Gasteiger partial charge in [-0.25, -0.2) is 9.97 Å². The second-order valence-corrected chi connectivity index (χ2v) is 11.1. The van der Waals surface area contributed by atoms with Crippen LogP contribution in [0.1, 0.15) is 75.7 Å². The van der Waals surface area contributed by atoms with E-state index in [1.165, 1.54) is 70.1 Å². The Labute approximate surface area is 230 Å². The van der Waals surface area contributed by atoms with Crippen LogP contribution in [-0.2, 0) is 0 Å². The molecule has 3 aromatic rings. The van der Waals surface area contributed by atoms with Crippen LogP contribution in [0.5, 0.6) is 5.75 Å². The summed E-state index contributed by atoms with van der Waals surface area (Å²) in [5.74, 6) is 2.39. The number of anilines is 2. The summed E-state index contributed by atoms with van der Waals surface area (Å²) in [7, 11) is 1.72. The highest BCUT2D eigenvalue weighted by Crippen LogP contribution is 2.34. The van der Waals surface area contributed by atoms with Gasteiger partial charge in [0, 0.05) is 16.4 Å². The first kappa shape index (κ1) is 27.6. The molecule has 0 amide bonds. The number of unbranched alkanes of at least 4 members (excludes halogenated alkanes) is 4. The average Bonchev–Trinajstić information content (AvgIpc) is 2.90. The summed E-state index contributed by atoms with van der Waals surface area (Å²) in [6.45, 7) is 8.92.